The van der Waals surface area contributed by atoms with Crippen LogP contribution in [0.3, 0.4) is 0 Å². The van der Waals surface area contributed by atoms with E-state index in [4.69, 9.17) is 18.0 Å². The predicted octanol–water partition coefficient (Wildman–Crippen LogP) is 1.18. The zero-order valence-electron chi connectivity index (χ0n) is 10.7. The van der Waals surface area contributed by atoms with Crippen LogP contribution in [0.25, 0.3) is 0 Å². The summed E-state index contributed by atoms with van der Waals surface area (Å²) in [4.78, 5) is 4.00. The first kappa shape index (κ1) is 14.4. The van der Waals surface area contributed by atoms with Gasteiger partial charge in [-0.05, 0) is 30.9 Å². The number of rotatable bonds is 4. The maximum atomic E-state index is 12.4. The topological polar surface area (TPSA) is 85.1 Å². The Hall–Kier alpha value is -1.05. The number of sulfonamides is 1. The number of nitrogens with one attached hydrogen (secondary N) is 1. The fourth-order valence-electron chi connectivity index (χ4n) is 2.38. The summed E-state index contributed by atoms with van der Waals surface area (Å²) in [5.74, 6) is 0.347. The summed E-state index contributed by atoms with van der Waals surface area (Å²) < 4.78 is 27.5. The third kappa shape index (κ3) is 3.10. The molecule has 1 heterocycles. The second-order valence-electron chi connectivity index (χ2n) is 4.85. The molecule has 1 aliphatic carbocycles. The van der Waals surface area contributed by atoms with Gasteiger partial charge in [-0.1, -0.05) is 25.6 Å². The molecule has 2 rings (SSSR count). The molecule has 1 fully saturated rings. The molecule has 0 spiro atoms. The van der Waals surface area contributed by atoms with Gasteiger partial charge in [-0.3, -0.25) is 4.98 Å². The van der Waals surface area contributed by atoms with E-state index >= 15 is 0 Å². The zero-order chi connectivity index (χ0) is 14.0. The van der Waals surface area contributed by atoms with E-state index in [2.05, 4.69) is 16.6 Å². The van der Waals surface area contributed by atoms with Crippen molar-refractivity contribution in [2.75, 3.05) is 0 Å². The molecule has 0 aromatic carbocycles. The Morgan fingerprint density at radius 1 is 1.53 bits per heavy atom. The van der Waals surface area contributed by atoms with E-state index in [0.29, 0.717) is 5.92 Å². The van der Waals surface area contributed by atoms with Gasteiger partial charge in [0.25, 0.3) is 0 Å². The van der Waals surface area contributed by atoms with Crippen molar-refractivity contribution >= 4 is 27.2 Å². The van der Waals surface area contributed by atoms with E-state index in [1.165, 1.54) is 12.3 Å². The maximum absolute atomic E-state index is 12.4. The second-order valence-corrected chi connectivity index (χ2v) is 6.97. The lowest BCUT2D eigenvalue weighted by atomic mass is 10.1. The molecule has 7 heteroatoms. The van der Waals surface area contributed by atoms with Gasteiger partial charge < -0.3 is 5.73 Å². The molecule has 1 saturated carbocycles. The monoisotopic (exact) mass is 299 g/mol. The molecule has 19 heavy (non-hydrogen) atoms. The van der Waals surface area contributed by atoms with E-state index < -0.39 is 10.0 Å². The van der Waals surface area contributed by atoms with Crippen molar-refractivity contribution in [1.29, 1.82) is 0 Å². The van der Waals surface area contributed by atoms with Crippen LogP contribution in [-0.2, 0) is 10.0 Å². The van der Waals surface area contributed by atoms with Gasteiger partial charge in [-0.2, -0.15) is 0 Å². The normalized spacial score (nSPS) is 23.4. The summed E-state index contributed by atoms with van der Waals surface area (Å²) in [6, 6.07) is 3.02. The van der Waals surface area contributed by atoms with Crippen LogP contribution < -0.4 is 10.5 Å². The Balaban J connectivity index is 2.32. The molecule has 104 valence electrons. The van der Waals surface area contributed by atoms with Crippen molar-refractivity contribution in [1.82, 2.24) is 9.71 Å². The molecule has 0 bridgehead atoms. The predicted molar refractivity (Wildman–Crippen MR) is 77.2 cm³/mol. The van der Waals surface area contributed by atoms with E-state index in [1.807, 2.05) is 0 Å². The molecule has 1 aliphatic rings. The van der Waals surface area contributed by atoms with Gasteiger partial charge in [0.05, 0.1) is 0 Å². The van der Waals surface area contributed by atoms with Crippen molar-refractivity contribution in [3.63, 3.8) is 0 Å². The number of pyridine rings is 1. The zero-order valence-corrected chi connectivity index (χ0v) is 12.3. The summed E-state index contributed by atoms with van der Waals surface area (Å²) in [7, 11) is -3.63. The standard InChI is InChI=1S/C12H17N3O2S2/c1-8-4-2-5-9(8)15-19(16,17)10-6-3-7-14-11(10)12(13)18/h3,6-9,15H,2,4-5H2,1H3,(H2,13,18). The molecule has 1 aromatic rings. The van der Waals surface area contributed by atoms with Crippen molar-refractivity contribution in [3.8, 4) is 0 Å². The van der Waals surface area contributed by atoms with Gasteiger partial charge >= 0.3 is 0 Å². The lowest BCUT2D eigenvalue weighted by Crippen LogP contribution is -2.37. The summed E-state index contributed by atoms with van der Waals surface area (Å²) in [6.07, 6.45) is 4.43. The molecule has 0 amide bonds. The quantitative estimate of drug-likeness (QED) is 0.816. The number of nitrogens with zero attached hydrogens (tertiary/aromatic N) is 1. The fourth-order valence-corrected chi connectivity index (χ4v) is 4.15. The van der Waals surface area contributed by atoms with E-state index in [1.54, 1.807) is 6.07 Å². The van der Waals surface area contributed by atoms with Crippen molar-refractivity contribution in [2.24, 2.45) is 11.7 Å². The van der Waals surface area contributed by atoms with Crippen LogP contribution in [-0.4, -0.2) is 24.4 Å². The molecule has 0 radical (unpaired) electrons. The molecule has 2 atom stereocenters. The molecule has 5 nitrogen and oxygen atoms in total. The summed E-state index contributed by atoms with van der Waals surface area (Å²) in [6.45, 7) is 2.05. The lowest BCUT2D eigenvalue weighted by molar-refractivity contribution is 0.476. The molecule has 3 N–H and O–H groups in total. The van der Waals surface area contributed by atoms with Crippen LogP contribution in [0, 0.1) is 5.92 Å². The molecule has 1 aromatic heterocycles. The Morgan fingerprint density at radius 3 is 2.84 bits per heavy atom. The van der Waals surface area contributed by atoms with Crippen LogP contribution >= 0.6 is 12.2 Å². The molecule has 0 aliphatic heterocycles. The minimum atomic E-state index is -3.63. The Labute approximate surface area is 118 Å². The van der Waals surface area contributed by atoms with Crippen LogP contribution in [0.1, 0.15) is 31.9 Å². The SMILES string of the molecule is CC1CCCC1NS(=O)(=O)c1cccnc1C(N)=S. The number of hydrogen-bond donors (Lipinski definition) is 2. The first-order valence-corrected chi connectivity index (χ1v) is 8.08. The Kier molecular flexibility index (Phi) is 4.17. The van der Waals surface area contributed by atoms with Gasteiger partial charge in [0, 0.05) is 12.2 Å². The molecule has 2 unspecified atom stereocenters. The van der Waals surface area contributed by atoms with Crippen LogP contribution in [0.5, 0.6) is 0 Å². The summed E-state index contributed by atoms with van der Waals surface area (Å²) >= 11 is 4.85. The molecule has 0 saturated heterocycles. The second kappa shape index (κ2) is 5.52. The Bertz CT molecular complexity index is 586. The maximum Gasteiger partial charge on any atom is 0.243 e. The lowest BCUT2D eigenvalue weighted by Gasteiger charge is -2.18. The third-order valence-electron chi connectivity index (χ3n) is 3.46. The first-order valence-electron chi connectivity index (χ1n) is 6.19. The van der Waals surface area contributed by atoms with E-state index in [0.717, 1.165) is 19.3 Å². The van der Waals surface area contributed by atoms with Crippen molar-refractivity contribution < 1.29 is 8.42 Å². The largest absolute Gasteiger partial charge is 0.388 e. The third-order valence-corrected chi connectivity index (χ3v) is 5.18. The van der Waals surface area contributed by atoms with Gasteiger partial charge in [-0.25, -0.2) is 13.1 Å². The number of hydrogen-bond acceptors (Lipinski definition) is 4. The highest BCUT2D eigenvalue weighted by atomic mass is 32.2. The van der Waals surface area contributed by atoms with Gasteiger partial charge in [-0.15, -0.1) is 0 Å². The smallest absolute Gasteiger partial charge is 0.243 e. The van der Waals surface area contributed by atoms with Gasteiger partial charge in [0.1, 0.15) is 15.6 Å². The summed E-state index contributed by atoms with van der Waals surface area (Å²) in [5.41, 5.74) is 5.67. The highest BCUT2D eigenvalue weighted by molar-refractivity contribution is 7.89. The average molecular weight is 299 g/mol. The van der Waals surface area contributed by atoms with Crippen molar-refractivity contribution in [2.45, 2.75) is 37.1 Å². The van der Waals surface area contributed by atoms with E-state index in [-0.39, 0.29) is 21.6 Å². The number of aromatic nitrogens is 1. The Morgan fingerprint density at radius 2 is 2.26 bits per heavy atom. The first-order chi connectivity index (χ1) is 8.92. The minimum absolute atomic E-state index is 0.0135. The number of nitrogens with two attached hydrogens (primary N) is 1. The van der Waals surface area contributed by atoms with Crippen molar-refractivity contribution in [3.05, 3.63) is 24.0 Å². The highest BCUT2D eigenvalue weighted by Crippen LogP contribution is 2.26. The van der Waals surface area contributed by atoms with Crippen LogP contribution in [0.4, 0.5) is 0 Å². The van der Waals surface area contributed by atoms with E-state index in [9.17, 15) is 8.42 Å². The van der Waals surface area contributed by atoms with Crippen LogP contribution in [0.2, 0.25) is 0 Å². The van der Waals surface area contributed by atoms with Crippen LogP contribution in [0.15, 0.2) is 23.2 Å². The highest BCUT2D eigenvalue weighted by Gasteiger charge is 2.30. The average Bonchev–Trinajstić information content (AvgIpc) is 2.74. The minimum Gasteiger partial charge on any atom is -0.388 e. The molecular weight excluding hydrogens is 282 g/mol. The fraction of sp³-hybridized carbons (Fsp3) is 0.500. The van der Waals surface area contributed by atoms with Gasteiger partial charge in [0.15, 0.2) is 0 Å². The summed E-state index contributed by atoms with van der Waals surface area (Å²) in [5, 5.41) is 0. The molecular formula is C12H17N3O2S2. The van der Waals surface area contributed by atoms with Gasteiger partial charge in [0.2, 0.25) is 10.0 Å². The number of thiocarbonyl (C=S) groups is 1.